The van der Waals surface area contributed by atoms with Crippen LogP contribution < -0.4 is 5.32 Å². The fraction of sp³-hybridized carbons (Fsp3) is 0.111. The molecular formula is C18H14Cl2FN3O. The van der Waals surface area contributed by atoms with Gasteiger partial charge in [0.15, 0.2) is 0 Å². The zero-order chi connectivity index (χ0) is 18.1. The van der Waals surface area contributed by atoms with Crippen molar-refractivity contribution in [3.8, 4) is 5.69 Å². The monoisotopic (exact) mass is 377 g/mol. The van der Waals surface area contributed by atoms with Crippen LogP contribution in [0.5, 0.6) is 0 Å². The fourth-order valence-electron chi connectivity index (χ4n) is 2.52. The van der Waals surface area contributed by atoms with Crippen LogP contribution in [0, 0.1) is 19.7 Å². The zero-order valence-corrected chi connectivity index (χ0v) is 15.0. The quantitative estimate of drug-likeness (QED) is 0.638. The Labute approximate surface area is 154 Å². The van der Waals surface area contributed by atoms with Gasteiger partial charge in [-0.3, -0.25) is 4.79 Å². The number of nitrogens with one attached hydrogen (secondary N) is 1. The number of nitrogens with zero attached hydrogens (tertiary/aromatic N) is 2. The van der Waals surface area contributed by atoms with E-state index in [1.54, 1.807) is 11.6 Å². The van der Waals surface area contributed by atoms with Gasteiger partial charge in [0.25, 0.3) is 5.91 Å². The van der Waals surface area contributed by atoms with E-state index in [9.17, 15) is 9.18 Å². The van der Waals surface area contributed by atoms with Crippen molar-refractivity contribution in [3.05, 3.63) is 75.3 Å². The summed E-state index contributed by atoms with van der Waals surface area (Å²) in [7, 11) is 0. The van der Waals surface area contributed by atoms with Gasteiger partial charge < -0.3 is 5.32 Å². The lowest BCUT2D eigenvalue weighted by Gasteiger charge is -2.09. The third-order valence-corrected chi connectivity index (χ3v) is 4.39. The van der Waals surface area contributed by atoms with E-state index in [0.29, 0.717) is 11.4 Å². The molecule has 0 aliphatic carbocycles. The van der Waals surface area contributed by atoms with E-state index >= 15 is 0 Å². The van der Waals surface area contributed by atoms with Gasteiger partial charge in [0, 0.05) is 0 Å². The number of amides is 1. The molecule has 0 saturated carbocycles. The molecule has 1 aromatic heterocycles. The largest absolute Gasteiger partial charge is 0.319 e. The van der Waals surface area contributed by atoms with Crippen LogP contribution in [0.25, 0.3) is 5.69 Å². The summed E-state index contributed by atoms with van der Waals surface area (Å²) in [6.07, 6.45) is 0. The number of para-hydroxylation sites is 1. The minimum Gasteiger partial charge on any atom is -0.319 e. The minimum atomic E-state index is -0.704. The van der Waals surface area contributed by atoms with Crippen molar-refractivity contribution >= 4 is 34.8 Å². The average Bonchev–Trinajstić information content (AvgIpc) is 2.87. The van der Waals surface area contributed by atoms with Gasteiger partial charge in [-0.25, -0.2) is 9.07 Å². The summed E-state index contributed by atoms with van der Waals surface area (Å²) in [5.41, 5.74) is 2.83. The lowest BCUT2D eigenvalue weighted by atomic mass is 10.2. The molecule has 0 atom stereocenters. The molecule has 0 aliphatic rings. The van der Waals surface area contributed by atoms with Crippen LogP contribution in [0.15, 0.2) is 42.5 Å². The molecule has 0 spiro atoms. The van der Waals surface area contributed by atoms with Crippen LogP contribution in [-0.2, 0) is 0 Å². The Hall–Kier alpha value is -2.37. The number of rotatable bonds is 3. The first-order valence-electron chi connectivity index (χ1n) is 7.46. The maximum absolute atomic E-state index is 13.7. The Balaban J connectivity index is 1.95. The van der Waals surface area contributed by atoms with Crippen LogP contribution in [0.4, 0.5) is 10.1 Å². The molecule has 1 heterocycles. The lowest BCUT2D eigenvalue weighted by molar-refractivity contribution is 0.102. The maximum Gasteiger partial charge on any atom is 0.257 e. The molecule has 0 radical (unpaired) electrons. The van der Waals surface area contributed by atoms with Gasteiger partial charge >= 0.3 is 0 Å². The molecule has 128 valence electrons. The molecule has 0 fully saturated rings. The standard InChI is InChI=1S/C18H14Cl2FN3O/c1-10-17(11(2)24(23-10)12-6-4-3-5-7-12)22-18(25)13-8-16(21)15(20)9-14(13)19/h3-9H,1-2H3,(H,22,25). The highest BCUT2D eigenvalue weighted by Gasteiger charge is 2.19. The average molecular weight is 378 g/mol. The number of carbonyl (C=O) groups is 1. The molecule has 25 heavy (non-hydrogen) atoms. The summed E-state index contributed by atoms with van der Waals surface area (Å²) in [6.45, 7) is 3.62. The number of anilines is 1. The predicted octanol–water partition coefficient (Wildman–Crippen LogP) is 5.19. The Kier molecular flexibility index (Phi) is 4.79. The van der Waals surface area contributed by atoms with Gasteiger partial charge in [0.2, 0.25) is 0 Å². The van der Waals surface area contributed by atoms with Gasteiger partial charge in [-0.15, -0.1) is 0 Å². The van der Waals surface area contributed by atoms with Crippen molar-refractivity contribution in [3.63, 3.8) is 0 Å². The number of hydrogen-bond donors (Lipinski definition) is 1. The number of aryl methyl sites for hydroxylation is 1. The maximum atomic E-state index is 13.7. The highest BCUT2D eigenvalue weighted by Crippen LogP contribution is 2.27. The Morgan fingerprint density at radius 1 is 1.12 bits per heavy atom. The van der Waals surface area contributed by atoms with Crippen molar-refractivity contribution in [2.75, 3.05) is 5.32 Å². The van der Waals surface area contributed by atoms with Gasteiger partial charge in [0.1, 0.15) is 5.82 Å². The van der Waals surface area contributed by atoms with Crippen molar-refractivity contribution in [2.24, 2.45) is 0 Å². The molecule has 1 amide bonds. The van der Waals surface area contributed by atoms with Gasteiger partial charge in [0.05, 0.1) is 38.4 Å². The van der Waals surface area contributed by atoms with Crippen LogP contribution in [0.3, 0.4) is 0 Å². The number of carbonyl (C=O) groups excluding carboxylic acids is 1. The van der Waals surface area contributed by atoms with E-state index in [-0.39, 0.29) is 15.6 Å². The first kappa shape index (κ1) is 17.5. The molecule has 7 heteroatoms. The molecule has 3 aromatic rings. The molecular weight excluding hydrogens is 364 g/mol. The van der Waals surface area contributed by atoms with Crippen LogP contribution in [0.2, 0.25) is 10.0 Å². The summed E-state index contributed by atoms with van der Waals surface area (Å²) in [4.78, 5) is 12.5. The summed E-state index contributed by atoms with van der Waals surface area (Å²) < 4.78 is 15.4. The second kappa shape index (κ2) is 6.86. The first-order valence-corrected chi connectivity index (χ1v) is 8.21. The zero-order valence-electron chi connectivity index (χ0n) is 13.5. The Morgan fingerprint density at radius 3 is 2.48 bits per heavy atom. The number of aromatic nitrogens is 2. The Morgan fingerprint density at radius 2 is 1.80 bits per heavy atom. The van der Waals surface area contributed by atoms with E-state index < -0.39 is 11.7 Å². The third kappa shape index (κ3) is 3.38. The van der Waals surface area contributed by atoms with Crippen LogP contribution in [-0.4, -0.2) is 15.7 Å². The normalized spacial score (nSPS) is 10.8. The van der Waals surface area contributed by atoms with Crippen LogP contribution in [0.1, 0.15) is 21.7 Å². The second-order valence-electron chi connectivity index (χ2n) is 5.49. The highest BCUT2D eigenvalue weighted by atomic mass is 35.5. The summed E-state index contributed by atoms with van der Waals surface area (Å²) in [6, 6.07) is 11.8. The third-order valence-electron chi connectivity index (χ3n) is 3.79. The van der Waals surface area contributed by atoms with E-state index in [1.807, 2.05) is 37.3 Å². The topological polar surface area (TPSA) is 46.9 Å². The first-order chi connectivity index (χ1) is 11.9. The van der Waals surface area contributed by atoms with Crippen molar-refractivity contribution < 1.29 is 9.18 Å². The molecule has 0 saturated heterocycles. The number of hydrogen-bond acceptors (Lipinski definition) is 2. The SMILES string of the molecule is Cc1nn(-c2ccccc2)c(C)c1NC(=O)c1cc(F)c(Cl)cc1Cl. The van der Waals surface area contributed by atoms with Crippen molar-refractivity contribution in [2.45, 2.75) is 13.8 Å². The van der Waals surface area contributed by atoms with E-state index in [2.05, 4.69) is 10.4 Å². The van der Waals surface area contributed by atoms with E-state index in [1.165, 1.54) is 6.07 Å². The molecule has 0 aliphatic heterocycles. The molecule has 3 rings (SSSR count). The van der Waals surface area contributed by atoms with E-state index in [4.69, 9.17) is 23.2 Å². The van der Waals surface area contributed by atoms with E-state index in [0.717, 1.165) is 17.4 Å². The highest BCUT2D eigenvalue weighted by molar-refractivity contribution is 6.37. The van der Waals surface area contributed by atoms with Gasteiger partial charge in [-0.05, 0) is 38.1 Å². The van der Waals surface area contributed by atoms with Crippen molar-refractivity contribution in [1.82, 2.24) is 9.78 Å². The smallest absolute Gasteiger partial charge is 0.257 e. The lowest BCUT2D eigenvalue weighted by Crippen LogP contribution is -2.14. The molecule has 1 N–H and O–H groups in total. The summed E-state index contributed by atoms with van der Waals surface area (Å²) in [5, 5.41) is 7.16. The molecule has 0 unspecified atom stereocenters. The molecule has 0 bridgehead atoms. The molecule has 2 aromatic carbocycles. The van der Waals surface area contributed by atoms with Gasteiger partial charge in [-0.1, -0.05) is 41.4 Å². The Bertz CT molecular complexity index is 955. The number of halogens is 3. The minimum absolute atomic E-state index is 0.00910. The van der Waals surface area contributed by atoms with Crippen LogP contribution >= 0.6 is 23.2 Å². The molecule has 4 nitrogen and oxygen atoms in total. The van der Waals surface area contributed by atoms with Crippen molar-refractivity contribution in [1.29, 1.82) is 0 Å². The summed E-state index contributed by atoms with van der Waals surface area (Å²) >= 11 is 11.7. The second-order valence-corrected chi connectivity index (χ2v) is 6.31. The summed E-state index contributed by atoms with van der Waals surface area (Å²) in [5.74, 6) is -1.23. The fourth-order valence-corrected chi connectivity index (χ4v) is 2.99. The number of benzene rings is 2. The van der Waals surface area contributed by atoms with Gasteiger partial charge in [-0.2, -0.15) is 5.10 Å². The predicted molar refractivity (Wildman–Crippen MR) is 97.4 cm³/mol.